The molecule has 0 atom stereocenters. The zero-order valence-electron chi connectivity index (χ0n) is 12.2. The summed E-state index contributed by atoms with van der Waals surface area (Å²) >= 11 is 0. The van der Waals surface area contributed by atoms with Gasteiger partial charge in [-0.2, -0.15) is 0 Å². The summed E-state index contributed by atoms with van der Waals surface area (Å²) in [6.45, 7) is 6.71. The van der Waals surface area contributed by atoms with E-state index in [1.165, 1.54) is 13.2 Å². The molecule has 1 fully saturated rings. The summed E-state index contributed by atoms with van der Waals surface area (Å²) < 4.78 is 4.63. The van der Waals surface area contributed by atoms with Crippen LogP contribution in [-0.2, 0) is 4.74 Å². The van der Waals surface area contributed by atoms with Crippen molar-refractivity contribution in [2.24, 2.45) is 0 Å². The first-order valence-electron chi connectivity index (χ1n) is 6.91. The first-order chi connectivity index (χ1) is 10.1. The highest BCUT2D eigenvalue weighted by molar-refractivity contribution is 5.95. The number of carbonyl (C=O) groups is 1. The molecule has 7 nitrogen and oxygen atoms in total. The lowest BCUT2D eigenvalue weighted by Gasteiger charge is -2.35. The Hall–Kier alpha value is -2.15. The average Bonchev–Trinajstić information content (AvgIpc) is 2.53. The van der Waals surface area contributed by atoms with Crippen molar-refractivity contribution >= 4 is 17.3 Å². The van der Waals surface area contributed by atoms with Crippen LogP contribution in [0.2, 0.25) is 0 Å². The number of ether oxygens (including phenoxy) is 1. The summed E-state index contributed by atoms with van der Waals surface area (Å²) in [5, 5.41) is 11.0. The van der Waals surface area contributed by atoms with Crippen LogP contribution < -0.4 is 4.90 Å². The van der Waals surface area contributed by atoms with Crippen LogP contribution in [0.1, 0.15) is 17.3 Å². The highest BCUT2D eigenvalue weighted by atomic mass is 16.6. The molecule has 0 amide bonds. The van der Waals surface area contributed by atoms with E-state index in [9.17, 15) is 14.9 Å². The van der Waals surface area contributed by atoms with E-state index in [1.54, 1.807) is 12.1 Å². The molecule has 0 spiro atoms. The highest BCUT2D eigenvalue weighted by Crippen LogP contribution is 2.26. The van der Waals surface area contributed by atoms with E-state index in [0.29, 0.717) is 0 Å². The normalized spacial score (nSPS) is 15.8. The number of piperazine rings is 1. The summed E-state index contributed by atoms with van der Waals surface area (Å²) in [6.07, 6.45) is 0. The number of hydrogen-bond donors (Lipinski definition) is 0. The van der Waals surface area contributed by atoms with E-state index >= 15 is 0 Å². The lowest BCUT2D eigenvalue weighted by atomic mass is 10.1. The second kappa shape index (κ2) is 6.53. The van der Waals surface area contributed by atoms with Gasteiger partial charge in [0.25, 0.3) is 5.69 Å². The molecule has 1 aromatic rings. The van der Waals surface area contributed by atoms with Crippen LogP contribution >= 0.6 is 0 Å². The van der Waals surface area contributed by atoms with Gasteiger partial charge in [0.1, 0.15) is 5.56 Å². The predicted octanol–water partition coefficient (Wildman–Crippen LogP) is 1.52. The van der Waals surface area contributed by atoms with E-state index < -0.39 is 10.9 Å². The van der Waals surface area contributed by atoms with Crippen LogP contribution in [0.3, 0.4) is 0 Å². The minimum absolute atomic E-state index is 0.00192. The van der Waals surface area contributed by atoms with Gasteiger partial charge in [-0.3, -0.25) is 10.1 Å². The maximum absolute atomic E-state index is 11.7. The molecule has 1 aliphatic heterocycles. The fourth-order valence-electron chi connectivity index (χ4n) is 2.48. The smallest absolute Gasteiger partial charge is 0.344 e. The number of nitro benzene ring substituents is 1. The van der Waals surface area contributed by atoms with Gasteiger partial charge in [-0.05, 0) is 18.7 Å². The van der Waals surface area contributed by atoms with Crippen molar-refractivity contribution in [3.8, 4) is 0 Å². The molecule has 1 aliphatic rings. The Labute approximate surface area is 123 Å². The second-order valence-electron chi connectivity index (χ2n) is 4.87. The molecule has 0 radical (unpaired) electrons. The average molecular weight is 293 g/mol. The summed E-state index contributed by atoms with van der Waals surface area (Å²) in [7, 11) is 1.22. The summed E-state index contributed by atoms with van der Waals surface area (Å²) in [6, 6.07) is 4.60. The number of benzene rings is 1. The van der Waals surface area contributed by atoms with Gasteiger partial charge in [-0.1, -0.05) is 6.92 Å². The Morgan fingerprint density at radius 1 is 1.33 bits per heavy atom. The molecule has 0 saturated carbocycles. The number of methoxy groups -OCH3 is 1. The third kappa shape index (κ3) is 3.30. The molecule has 1 heterocycles. The lowest BCUT2D eigenvalue weighted by Crippen LogP contribution is -2.46. The molecule has 114 valence electrons. The maximum Gasteiger partial charge on any atom is 0.344 e. The Morgan fingerprint density at radius 3 is 2.52 bits per heavy atom. The molecule has 1 aromatic carbocycles. The van der Waals surface area contributed by atoms with E-state index in [-0.39, 0.29) is 11.3 Å². The zero-order valence-corrected chi connectivity index (χ0v) is 12.2. The minimum atomic E-state index is -0.684. The maximum atomic E-state index is 11.7. The van der Waals surface area contributed by atoms with Gasteiger partial charge in [0.2, 0.25) is 0 Å². The number of esters is 1. The molecule has 0 N–H and O–H groups in total. The molecule has 0 aliphatic carbocycles. The van der Waals surface area contributed by atoms with Gasteiger partial charge in [-0.15, -0.1) is 0 Å². The van der Waals surface area contributed by atoms with Gasteiger partial charge in [0.05, 0.1) is 12.0 Å². The van der Waals surface area contributed by atoms with Crippen LogP contribution in [0.5, 0.6) is 0 Å². The molecule has 0 bridgehead atoms. The highest BCUT2D eigenvalue weighted by Gasteiger charge is 2.24. The SMILES string of the molecule is CCN1CCN(c2ccc([N+](=O)[O-])c(C(=O)OC)c2)CC1. The molecular formula is C14H19N3O4. The quantitative estimate of drug-likeness (QED) is 0.476. The Bertz CT molecular complexity index is 539. The number of rotatable bonds is 4. The van der Waals surface area contributed by atoms with Crippen molar-refractivity contribution in [2.45, 2.75) is 6.92 Å². The number of anilines is 1. The van der Waals surface area contributed by atoms with Crippen LogP contribution in [0.4, 0.5) is 11.4 Å². The predicted molar refractivity (Wildman–Crippen MR) is 78.8 cm³/mol. The van der Waals surface area contributed by atoms with Gasteiger partial charge in [0, 0.05) is 37.9 Å². The fourth-order valence-corrected chi connectivity index (χ4v) is 2.48. The summed E-state index contributed by atoms with van der Waals surface area (Å²) in [5.74, 6) is -0.684. The van der Waals surface area contributed by atoms with Crippen LogP contribution in [0.15, 0.2) is 18.2 Å². The third-order valence-electron chi connectivity index (χ3n) is 3.77. The minimum Gasteiger partial charge on any atom is -0.465 e. The van der Waals surface area contributed by atoms with Gasteiger partial charge >= 0.3 is 5.97 Å². The number of hydrogen-bond acceptors (Lipinski definition) is 6. The van der Waals surface area contributed by atoms with E-state index in [2.05, 4.69) is 21.5 Å². The summed E-state index contributed by atoms with van der Waals surface area (Å²) in [5.41, 5.74) is 0.590. The van der Waals surface area contributed by atoms with Crippen molar-refractivity contribution in [3.05, 3.63) is 33.9 Å². The van der Waals surface area contributed by atoms with Crippen LogP contribution in [0.25, 0.3) is 0 Å². The third-order valence-corrected chi connectivity index (χ3v) is 3.77. The van der Waals surface area contributed by atoms with Crippen LogP contribution in [0, 0.1) is 10.1 Å². The number of likely N-dealkylation sites (N-methyl/N-ethyl adjacent to an activating group) is 1. The largest absolute Gasteiger partial charge is 0.465 e. The van der Waals surface area contributed by atoms with Crippen molar-refractivity contribution in [1.29, 1.82) is 0 Å². The molecular weight excluding hydrogens is 274 g/mol. The standard InChI is InChI=1S/C14H19N3O4/c1-3-15-6-8-16(9-7-15)11-4-5-13(17(19)20)12(10-11)14(18)21-2/h4-5,10H,3,6-9H2,1-2H3. The molecule has 7 heteroatoms. The van der Waals surface area contributed by atoms with Crippen molar-refractivity contribution in [1.82, 2.24) is 4.90 Å². The second-order valence-corrected chi connectivity index (χ2v) is 4.87. The topological polar surface area (TPSA) is 75.9 Å². The molecule has 2 rings (SSSR count). The number of carbonyl (C=O) groups excluding carboxylic acids is 1. The Kier molecular flexibility index (Phi) is 4.74. The first-order valence-corrected chi connectivity index (χ1v) is 6.91. The monoisotopic (exact) mass is 293 g/mol. The molecule has 1 saturated heterocycles. The lowest BCUT2D eigenvalue weighted by molar-refractivity contribution is -0.385. The Morgan fingerprint density at radius 2 is 2.00 bits per heavy atom. The van der Waals surface area contributed by atoms with Crippen molar-refractivity contribution < 1.29 is 14.5 Å². The number of nitrogens with zero attached hydrogens (tertiary/aromatic N) is 3. The van der Waals surface area contributed by atoms with Gasteiger partial charge < -0.3 is 14.5 Å². The fraction of sp³-hybridized carbons (Fsp3) is 0.500. The first kappa shape index (κ1) is 15.2. The van der Waals surface area contributed by atoms with Crippen molar-refractivity contribution in [3.63, 3.8) is 0 Å². The zero-order chi connectivity index (χ0) is 15.4. The summed E-state index contributed by atoms with van der Waals surface area (Å²) in [4.78, 5) is 26.6. The Balaban J connectivity index is 2.26. The van der Waals surface area contributed by atoms with Gasteiger partial charge in [-0.25, -0.2) is 4.79 Å². The van der Waals surface area contributed by atoms with Crippen molar-refractivity contribution in [2.75, 3.05) is 44.7 Å². The van der Waals surface area contributed by atoms with E-state index in [0.717, 1.165) is 38.4 Å². The molecule has 0 aromatic heterocycles. The van der Waals surface area contributed by atoms with Gasteiger partial charge in [0.15, 0.2) is 0 Å². The molecule has 21 heavy (non-hydrogen) atoms. The number of nitro groups is 1. The van der Waals surface area contributed by atoms with E-state index in [4.69, 9.17) is 0 Å². The van der Waals surface area contributed by atoms with Crippen LogP contribution in [-0.4, -0.2) is 55.6 Å². The molecule has 0 unspecified atom stereocenters. The van der Waals surface area contributed by atoms with E-state index in [1.807, 2.05) is 0 Å².